The largest absolute Gasteiger partial charge is 0.538 e. The van der Waals surface area contributed by atoms with Crippen LogP contribution in [0.2, 0.25) is 87.1 Å². The average Bonchev–Trinajstić information content (AvgIpc) is 3.59. The Labute approximate surface area is 314 Å². The van der Waals surface area contributed by atoms with Crippen molar-refractivity contribution < 1.29 is 4.43 Å². The van der Waals surface area contributed by atoms with Crippen LogP contribution < -0.4 is 5.19 Å². The SMILES string of the molecule is C[Si](C)(C)C1([Si](C)(C)C)CCC([Si](C)(C)C)([Si](C)(C)C)[Si]12OC1=C(c3ccccc32)C(c2ccccc2)C(c2ccccc2)=C1c1ccccc1. The molecule has 2 aliphatic heterocycles. The molecule has 0 N–H and O–H groups in total. The Morgan fingerprint density at radius 2 is 0.902 bits per heavy atom. The molecular formula is C45H60OSi5. The lowest BCUT2D eigenvalue weighted by atomic mass is 9.81. The van der Waals surface area contributed by atoms with E-state index < -0.39 is 40.6 Å². The van der Waals surface area contributed by atoms with Gasteiger partial charge in [-0.2, -0.15) is 0 Å². The summed E-state index contributed by atoms with van der Waals surface area (Å²) in [4.78, 5) is 0. The van der Waals surface area contributed by atoms with Crippen molar-refractivity contribution in [2.24, 2.45) is 0 Å². The number of hydrogen-bond donors (Lipinski definition) is 0. The predicted octanol–water partition coefficient (Wildman–Crippen LogP) is 12.8. The van der Waals surface area contributed by atoms with E-state index >= 15 is 0 Å². The Balaban J connectivity index is 1.73. The van der Waals surface area contributed by atoms with Crippen molar-refractivity contribution >= 4 is 62.5 Å². The van der Waals surface area contributed by atoms with Gasteiger partial charge in [0.25, 0.3) is 8.32 Å². The summed E-state index contributed by atoms with van der Waals surface area (Å²) in [6.07, 6.45) is 2.68. The molecule has 0 amide bonds. The summed E-state index contributed by atoms with van der Waals surface area (Å²) in [5, 5.41) is 1.65. The second-order valence-corrected chi connectivity index (χ2v) is 48.0. The summed E-state index contributed by atoms with van der Waals surface area (Å²) in [6, 6.07) is 43.8. The van der Waals surface area contributed by atoms with E-state index in [1.54, 1.807) is 5.19 Å². The van der Waals surface area contributed by atoms with Crippen molar-refractivity contribution in [2.45, 2.75) is 106 Å². The number of hydrogen-bond acceptors (Lipinski definition) is 1. The zero-order valence-corrected chi connectivity index (χ0v) is 38.4. The molecule has 1 aliphatic carbocycles. The van der Waals surface area contributed by atoms with Gasteiger partial charge in [0.1, 0.15) is 5.76 Å². The first kappa shape index (κ1) is 36.6. The standard InChI is InChI=1S/C45H60OSi5/c1-47(2,3)44(48(4,5)6)32-33-45(49(7,8)9,50(10,11)12)51(44)38-31-23-22-30-37(38)42-40(35-26-18-14-19-27-35)39(34-24-16-13-17-25-34)41(43(42)46-51)36-28-20-15-21-29-36/h13-31,40H,32-33H2,1-12H3. The van der Waals surface area contributed by atoms with Gasteiger partial charge >= 0.3 is 0 Å². The van der Waals surface area contributed by atoms with E-state index in [2.05, 4.69) is 194 Å². The van der Waals surface area contributed by atoms with E-state index in [-0.39, 0.29) is 14.5 Å². The topological polar surface area (TPSA) is 9.23 Å². The molecule has 0 aromatic heterocycles. The number of rotatable bonds is 7. The maximum Gasteiger partial charge on any atom is 0.285 e. The summed E-state index contributed by atoms with van der Waals surface area (Å²) in [7, 11) is -10.5. The fourth-order valence-corrected chi connectivity index (χ4v) is 61.9. The van der Waals surface area contributed by atoms with Gasteiger partial charge in [-0.05, 0) is 41.6 Å². The first-order valence-electron chi connectivity index (χ1n) is 19.3. The van der Waals surface area contributed by atoms with Crippen LogP contribution >= 0.6 is 0 Å². The highest BCUT2D eigenvalue weighted by Crippen LogP contribution is 2.78. The molecule has 1 spiro atoms. The molecule has 2 heterocycles. The summed E-state index contributed by atoms with van der Waals surface area (Å²) in [6.45, 7) is 32.9. The number of fused-ring (bicyclic) bond motifs is 3. The van der Waals surface area contributed by atoms with Crippen LogP contribution in [0, 0.1) is 0 Å². The van der Waals surface area contributed by atoms with Gasteiger partial charge < -0.3 is 4.43 Å². The third-order valence-electron chi connectivity index (χ3n) is 13.6. The molecule has 7 rings (SSSR count). The summed E-state index contributed by atoms with van der Waals surface area (Å²) in [5.74, 6) is 1.30. The van der Waals surface area contributed by atoms with Gasteiger partial charge in [0.05, 0.1) is 0 Å². The van der Waals surface area contributed by atoms with Gasteiger partial charge in [0.2, 0.25) is 0 Å². The molecule has 4 aromatic rings. The van der Waals surface area contributed by atoms with Crippen molar-refractivity contribution in [1.29, 1.82) is 0 Å². The molecule has 1 saturated heterocycles. The molecule has 0 bridgehead atoms. The summed E-state index contributed by atoms with van der Waals surface area (Å²) >= 11 is 0. The minimum atomic E-state index is -2.91. The van der Waals surface area contributed by atoms with Crippen LogP contribution in [0.15, 0.2) is 121 Å². The van der Waals surface area contributed by atoms with E-state index in [0.717, 1.165) is 0 Å². The Bertz CT molecular complexity index is 1930. The monoisotopic (exact) mass is 756 g/mol. The molecule has 1 nitrogen and oxygen atoms in total. The smallest absolute Gasteiger partial charge is 0.285 e. The normalized spacial score (nSPS) is 21.1. The fourth-order valence-electron chi connectivity index (χ4n) is 12.7. The first-order valence-corrected chi connectivity index (χ1v) is 35.2. The Hall–Kier alpha value is -2.76. The molecule has 0 radical (unpaired) electrons. The van der Waals surface area contributed by atoms with Gasteiger partial charge in [-0.15, -0.1) is 0 Å². The molecule has 1 fully saturated rings. The van der Waals surface area contributed by atoms with Crippen molar-refractivity contribution in [3.63, 3.8) is 0 Å². The predicted molar refractivity (Wildman–Crippen MR) is 237 cm³/mol. The van der Waals surface area contributed by atoms with E-state index in [4.69, 9.17) is 4.43 Å². The van der Waals surface area contributed by atoms with Crippen LogP contribution in [-0.2, 0) is 4.43 Å². The minimum absolute atomic E-state index is 0.0778. The van der Waals surface area contributed by atoms with Gasteiger partial charge in [-0.25, -0.2) is 0 Å². The molecular weight excluding hydrogens is 697 g/mol. The van der Waals surface area contributed by atoms with E-state index in [0.29, 0.717) is 0 Å². The van der Waals surface area contributed by atoms with Crippen molar-refractivity contribution in [1.82, 2.24) is 0 Å². The highest BCUT2D eigenvalue weighted by Gasteiger charge is 2.85. The Kier molecular flexibility index (Phi) is 8.71. The lowest BCUT2D eigenvalue weighted by molar-refractivity contribution is 0.425. The lowest BCUT2D eigenvalue weighted by Gasteiger charge is -2.67. The summed E-state index contributed by atoms with van der Waals surface area (Å²) < 4.78 is 9.40. The lowest BCUT2D eigenvalue weighted by Crippen LogP contribution is -2.82. The van der Waals surface area contributed by atoms with Gasteiger partial charge in [-0.1, -0.05) is 207 Å². The minimum Gasteiger partial charge on any atom is -0.538 e. The first-order chi connectivity index (χ1) is 23.9. The van der Waals surface area contributed by atoms with Crippen molar-refractivity contribution in [3.8, 4) is 0 Å². The van der Waals surface area contributed by atoms with Crippen LogP contribution in [-0.4, -0.2) is 40.6 Å². The van der Waals surface area contributed by atoms with Crippen LogP contribution in [0.5, 0.6) is 0 Å². The number of benzene rings is 4. The second-order valence-electron chi connectivity index (χ2n) is 19.7. The third-order valence-corrected chi connectivity index (χ3v) is 51.7. The summed E-state index contributed by atoms with van der Waals surface area (Å²) in [5.41, 5.74) is 9.56. The Morgan fingerprint density at radius 3 is 1.37 bits per heavy atom. The number of allylic oxidation sites excluding steroid dienone is 3. The molecule has 0 saturated carbocycles. The molecule has 4 aromatic carbocycles. The van der Waals surface area contributed by atoms with E-state index in [9.17, 15) is 0 Å². The molecule has 1 unspecified atom stereocenters. The molecule has 1 atom stereocenters. The molecule has 3 aliphatic rings. The fraction of sp³-hybridized carbons (Fsp3) is 0.378. The van der Waals surface area contributed by atoms with Crippen LogP contribution in [0.3, 0.4) is 0 Å². The maximum absolute atomic E-state index is 8.89. The van der Waals surface area contributed by atoms with Crippen LogP contribution in [0.25, 0.3) is 16.7 Å². The quantitative estimate of drug-likeness (QED) is 0.171. The third kappa shape index (κ3) is 4.92. The maximum atomic E-state index is 8.89. The van der Waals surface area contributed by atoms with E-state index in [1.807, 2.05) is 0 Å². The molecule has 6 heteroatoms. The van der Waals surface area contributed by atoms with Crippen LogP contribution in [0.1, 0.15) is 41.0 Å². The van der Waals surface area contributed by atoms with Gasteiger partial charge in [-0.3, -0.25) is 0 Å². The molecule has 51 heavy (non-hydrogen) atoms. The van der Waals surface area contributed by atoms with Crippen molar-refractivity contribution in [2.75, 3.05) is 0 Å². The second kappa shape index (κ2) is 12.1. The zero-order chi connectivity index (χ0) is 36.8. The highest BCUT2D eigenvalue weighted by molar-refractivity contribution is 7.29. The van der Waals surface area contributed by atoms with E-state index in [1.165, 1.54) is 57.6 Å². The Morgan fingerprint density at radius 1 is 0.490 bits per heavy atom. The van der Waals surface area contributed by atoms with Crippen LogP contribution in [0.4, 0.5) is 0 Å². The zero-order valence-electron chi connectivity index (χ0n) is 33.4. The van der Waals surface area contributed by atoms with Gasteiger partial charge in [0.15, 0.2) is 0 Å². The van der Waals surface area contributed by atoms with Gasteiger partial charge in [0, 0.05) is 49.4 Å². The van der Waals surface area contributed by atoms with Crippen molar-refractivity contribution in [3.05, 3.63) is 143 Å². The average molecular weight is 757 g/mol. The molecule has 266 valence electrons. The highest BCUT2D eigenvalue weighted by atomic mass is 28.5.